The quantitative estimate of drug-likeness (QED) is 0.371. The summed E-state index contributed by atoms with van der Waals surface area (Å²) >= 11 is 0. The second kappa shape index (κ2) is 10.3. The highest BCUT2D eigenvalue weighted by Crippen LogP contribution is 2.36. The SMILES string of the molecule is Cn1ccc2c(C(=O)Nc3cccc4c3N(Cc3ccc(OC5CCNCC5)cc3)CCC4)cccc21. The van der Waals surface area contributed by atoms with Crippen molar-refractivity contribution < 1.29 is 9.53 Å². The molecule has 6 rings (SSSR count). The van der Waals surface area contributed by atoms with Gasteiger partial charge in [-0.3, -0.25) is 4.79 Å². The summed E-state index contributed by atoms with van der Waals surface area (Å²) in [7, 11) is 2.00. The van der Waals surface area contributed by atoms with Crippen LogP contribution in [0.15, 0.2) is 72.9 Å². The average molecular weight is 495 g/mol. The molecule has 3 heterocycles. The molecule has 0 unspecified atom stereocenters. The summed E-state index contributed by atoms with van der Waals surface area (Å²) in [4.78, 5) is 15.8. The van der Waals surface area contributed by atoms with Gasteiger partial charge >= 0.3 is 0 Å². The zero-order valence-electron chi connectivity index (χ0n) is 21.4. The van der Waals surface area contributed by atoms with Crippen LogP contribution in [0.25, 0.3) is 10.9 Å². The fraction of sp³-hybridized carbons (Fsp3) is 0.323. The van der Waals surface area contributed by atoms with E-state index in [1.54, 1.807) is 0 Å². The molecule has 190 valence electrons. The van der Waals surface area contributed by atoms with Crippen LogP contribution in [-0.2, 0) is 20.0 Å². The van der Waals surface area contributed by atoms with Gasteiger partial charge in [-0.15, -0.1) is 0 Å². The van der Waals surface area contributed by atoms with E-state index in [0.29, 0.717) is 11.7 Å². The predicted octanol–water partition coefficient (Wildman–Crippen LogP) is 5.51. The lowest BCUT2D eigenvalue weighted by Crippen LogP contribution is -2.34. The molecule has 37 heavy (non-hydrogen) atoms. The molecule has 0 aliphatic carbocycles. The minimum absolute atomic E-state index is 0.0739. The highest BCUT2D eigenvalue weighted by Gasteiger charge is 2.23. The molecular weight excluding hydrogens is 460 g/mol. The van der Waals surface area contributed by atoms with Gasteiger partial charge in [0, 0.05) is 42.8 Å². The van der Waals surface area contributed by atoms with Gasteiger partial charge in [-0.1, -0.05) is 30.3 Å². The van der Waals surface area contributed by atoms with E-state index in [1.807, 2.05) is 54.2 Å². The van der Waals surface area contributed by atoms with Crippen molar-refractivity contribution in [2.45, 2.75) is 38.3 Å². The van der Waals surface area contributed by atoms with E-state index in [4.69, 9.17) is 4.74 Å². The number of anilines is 2. The minimum Gasteiger partial charge on any atom is -0.490 e. The topological polar surface area (TPSA) is 58.5 Å². The molecule has 4 aromatic rings. The first kappa shape index (κ1) is 23.6. The highest BCUT2D eigenvalue weighted by molar-refractivity contribution is 6.13. The van der Waals surface area contributed by atoms with Gasteiger partial charge in [0.15, 0.2) is 0 Å². The van der Waals surface area contributed by atoms with Crippen LogP contribution in [0.4, 0.5) is 11.4 Å². The molecule has 2 N–H and O–H groups in total. The highest BCUT2D eigenvalue weighted by atomic mass is 16.5. The van der Waals surface area contributed by atoms with Crippen LogP contribution in [0.3, 0.4) is 0 Å². The number of ether oxygens (including phenoxy) is 1. The van der Waals surface area contributed by atoms with Crippen LogP contribution in [0.5, 0.6) is 5.75 Å². The van der Waals surface area contributed by atoms with Crippen molar-refractivity contribution in [2.75, 3.05) is 29.9 Å². The molecular formula is C31H34N4O2. The number of aryl methyl sites for hydroxylation is 2. The Morgan fingerprint density at radius 1 is 1.03 bits per heavy atom. The van der Waals surface area contributed by atoms with Crippen molar-refractivity contribution in [3.05, 3.63) is 89.6 Å². The Morgan fingerprint density at radius 2 is 1.84 bits per heavy atom. The third kappa shape index (κ3) is 4.94. The van der Waals surface area contributed by atoms with Crippen LogP contribution in [0, 0.1) is 0 Å². The van der Waals surface area contributed by atoms with Crippen LogP contribution in [-0.4, -0.2) is 36.2 Å². The molecule has 6 nitrogen and oxygen atoms in total. The number of nitrogens with zero attached hydrogens (tertiary/aromatic N) is 2. The number of hydrogen-bond acceptors (Lipinski definition) is 4. The standard InChI is InChI=1S/C31H34N4O2/c1-34-20-16-26-27(7-3-9-29(26)34)31(36)33-28-8-2-5-23-6-4-19-35(30(23)28)21-22-10-12-24(13-11-22)37-25-14-17-32-18-15-25/h2-3,5,7-13,16,20,25,32H,4,6,14-15,17-19,21H2,1H3,(H,33,36). The third-order valence-corrected chi connectivity index (χ3v) is 7.62. The van der Waals surface area contributed by atoms with Crippen LogP contribution in [0.2, 0.25) is 0 Å². The Bertz CT molecular complexity index is 1400. The maximum absolute atomic E-state index is 13.4. The summed E-state index contributed by atoms with van der Waals surface area (Å²) in [6.45, 7) is 3.80. The lowest BCUT2D eigenvalue weighted by molar-refractivity contribution is 0.102. The van der Waals surface area contributed by atoms with Crippen molar-refractivity contribution in [3.63, 3.8) is 0 Å². The Balaban J connectivity index is 1.21. The normalized spacial score (nSPS) is 16.0. The zero-order chi connectivity index (χ0) is 25.2. The first-order valence-electron chi connectivity index (χ1n) is 13.3. The number of rotatable bonds is 6. The summed E-state index contributed by atoms with van der Waals surface area (Å²) < 4.78 is 8.23. The number of carbonyl (C=O) groups excluding carboxylic acids is 1. The van der Waals surface area contributed by atoms with E-state index in [2.05, 4.69) is 45.9 Å². The summed E-state index contributed by atoms with van der Waals surface area (Å²) in [5, 5.41) is 7.60. The molecule has 3 aromatic carbocycles. The Labute approximate surface area is 218 Å². The predicted molar refractivity (Wildman–Crippen MR) is 150 cm³/mol. The van der Waals surface area contributed by atoms with Gasteiger partial charge < -0.3 is 24.8 Å². The number of hydrogen-bond donors (Lipinski definition) is 2. The molecule has 0 atom stereocenters. The fourth-order valence-electron chi connectivity index (χ4n) is 5.69. The number of para-hydroxylation sites is 1. The van der Waals surface area contributed by atoms with E-state index >= 15 is 0 Å². The van der Waals surface area contributed by atoms with Crippen LogP contribution < -0.4 is 20.3 Å². The van der Waals surface area contributed by atoms with Gasteiger partial charge in [0.05, 0.1) is 11.4 Å². The molecule has 0 radical (unpaired) electrons. The second-order valence-corrected chi connectivity index (χ2v) is 10.2. The first-order chi connectivity index (χ1) is 18.2. The van der Waals surface area contributed by atoms with Gasteiger partial charge in [-0.25, -0.2) is 0 Å². The molecule has 2 aliphatic rings. The monoisotopic (exact) mass is 494 g/mol. The average Bonchev–Trinajstić information content (AvgIpc) is 3.31. The lowest BCUT2D eigenvalue weighted by atomic mass is 9.99. The van der Waals surface area contributed by atoms with E-state index < -0.39 is 0 Å². The molecule has 0 spiro atoms. The summed E-state index contributed by atoms with van der Waals surface area (Å²) in [5.41, 5.74) is 6.28. The van der Waals surface area contributed by atoms with E-state index in [1.165, 1.54) is 11.1 Å². The van der Waals surface area contributed by atoms with Gasteiger partial charge in [0.2, 0.25) is 0 Å². The largest absolute Gasteiger partial charge is 0.490 e. The number of piperidine rings is 1. The molecule has 0 saturated carbocycles. The molecule has 1 fully saturated rings. The van der Waals surface area contributed by atoms with E-state index in [-0.39, 0.29) is 5.91 Å². The molecule has 2 aliphatic heterocycles. The van der Waals surface area contributed by atoms with Gasteiger partial charge in [0.25, 0.3) is 5.91 Å². The maximum Gasteiger partial charge on any atom is 0.256 e. The van der Waals surface area contributed by atoms with Crippen LogP contribution in [0.1, 0.15) is 40.7 Å². The summed E-state index contributed by atoms with van der Waals surface area (Å²) in [6, 6.07) is 22.7. The molecule has 1 saturated heterocycles. The number of aromatic nitrogens is 1. The molecule has 1 aromatic heterocycles. The molecule has 0 bridgehead atoms. The number of carbonyl (C=O) groups is 1. The Morgan fingerprint density at radius 3 is 2.68 bits per heavy atom. The maximum atomic E-state index is 13.4. The lowest BCUT2D eigenvalue weighted by Gasteiger charge is -2.33. The van der Waals surface area contributed by atoms with Crippen molar-refractivity contribution in [1.29, 1.82) is 0 Å². The third-order valence-electron chi connectivity index (χ3n) is 7.62. The Kier molecular flexibility index (Phi) is 6.58. The summed E-state index contributed by atoms with van der Waals surface area (Å²) in [6.07, 6.45) is 6.53. The number of nitrogens with one attached hydrogen (secondary N) is 2. The van der Waals surface area contributed by atoms with Crippen molar-refractivity contribution >= 4 is 28.2 Å². The molecule has 6 heteroatoms. The number of benzene rings is 3. The van der Waals surface area contributed by atoms with E-state index in [9.17, 15) is 4.79 Å². The minimum atomic E-state index is -0.0739. The van der Waals surface area contributed by atoms with Crippen molar-refractivity contribution in [1.82, 2.24) is 9.88 Å². The van der Waals surface area contributed by atoms with Crippen LogP contribution >= 0.6 is 0 Å². The van der Waals surface area contributed by atoms with Crippen molar-refractivity contribution in [2.24, 2.45) is 7.05 Å². The number of fused-ring (bicyclic) bond motifs is 2. The van der Waals surface area contributed by atoms with Gasteiger partial charge in [0.1, 0.15) is 11.9 Å². The number of amides is 1. The van der Waals surface area contributed by atoms with E-state index in [0.717, 1.165) is 79.9 Å². The van der Waals surface area contributed by atoms with Crippen molar-refractivity contribution in [3.8, 4) is 5.75 Å². The fourth-order valence-corrected chi connectivity index (χ4v) is 5.69. The smallest absolute Gasteiger partial charge is 0.256 e. The Hall–Kier alpha value is -3.77. The van der Waals surface area contributed by atoms with Gasteiger partial charge in [-0.2, -0.15) is 0 Å². The van der Waals surface area contributed by atoms with Gasteiger partial charge in [-0.05, 0) is 86.3 Å². The zero-order valence-corrected chi connectivity index (χ0v) is 21.4. The molecule has 1 amide bonds. The summed E-state index contributed by atoms with van der Waals surface area (Å²) in [5.74, 6) is 0.868. The second-order valence-electron chi connectivity index (χ2n) is 10.2. The first-order valence-corrected chi connectivity index (χ1v) is 13.3.